The first-order chi connectivity index (χ1) is 6.11. The largest absolute Gasteiger partial charge is 0.468 e. The van der Waals surface area contributed by atoms with Crippen molar-refractivity contribution in [2.75, 3.05) is 27.4 Å². The topological polar surface area (TPSA) is 47.6 Å². The second-order valence-corrected chi connectivity index (χ2v) is 3.21. The fourth-order valence-electron chi connectivity index (χ4n) is 0.982. The molecule has 0 heterocycles. The smallest absolute Gasteiger partial charge is 0.322 e. The van der Waals surface area contributed by atoms with Crippen LogP contribution in [-0.2, 0) is 14.3 Å². The lowest BCUT2D eigenvalue weighted by Gasteiger charge is -2.15. The number of carbonyl (C=O) groups excluding carboxylic acids is 1. The van der Waals surface area contributed by atoms with E-state index in [2.05, 4.69) is 17.0 Å². The number of methoxy groups -OCH3 is 2. The maximum Gasteiger partial charge on any atom is 0.322 e. The fourth-order valence-corrected chi connectivity index (χ4v) is 0.982. The minimum absolute atomic E-state index is 0.232. The van der Waals surface area contributed by atoms with Crippen molar-refractivity contribution in [3.8, 4) is 0 Å². The van der Waals surface area contributed by atoms with Crippen LogP contribution >= 0.6 is 0 Å². The van der Waals surface area contributed by atoms with Crippen LogP contribution in [0.2, 0.25) is 0 Å². The quantitative estimate of drug-likeness (QED) is 0.615. The van der Waals surface area contributed by atoms with Crippen LogP contribution < -0.4 is 5.32 Å². The molecule has 0 aromatic carbocycles. The Morgan fingerprint density at radius 3 is 2.46 bits per heavy atom. The molecule has 0 spiro atoms. The van der Waals surface area contributed by atoms with Gasteiger partial charge < -0.3 is 14.8 Å². The summed E-state index contributed by atoms with van der Waals surface area (Å²) in [5.74, 6) is 0.168. The second-order valence-electron chi connectivity index (χ2n) is 3.21. The second kappa shape index (κ2) is 6.86. The first-order valence-corrected chi connectivity index (χ1v) is 4.42. The molecule has 0 radical (unpaired) electrons. The summed E-state index contributed by atoms with van der Waals surface area (Å²) in [5, 5.41) is 3.06. The summed E-state index contributed by atoms with van der Waals surface area (Å²) < 4.78 is 9.54. The van der Waals surface area contributed by atoms with Crippen molar-refractivity contribution >= 4 is 5.97 Å². The van der Waals surface area contributed by atoms with E-state index in [4.69, 9.17) is 4.74 Å². The van der Waals surface area contributed by atoms with Gasteiger partial charge in [0.2, 0.25) is 0 Å². The van der Waals surface area contributed by atoms with Crippen LogP contribution in [0.25, 0.3) is 0 Å². The Morgan fingerprint density at radius 2 is 2.00 bits per heavy atom. The van der Waals surface area contributed by atoms with Crippen LogP contribution in [0.5, 0.6) is 0 Å². The van der Waals surface area contributed by atoms with Crippen LogP contribution in [0.3, 0.4) is 0 Å². The van der Waals surface area contributed by atoms with Crippen molar-refractivity contribution in [1.29, 1.82) is 0 Å². The zero-order valence-electron chi connectivity index (χ0n) is 8.79. The summed E-state index contributed by atoms with van der Waals surface area (Å²) in [6.45, 7) is 5.29. The average Bonchev–Trinajstić information content (AvgIpc) is 2.13. The molecule has 2 atom stereocenters. The monoisotopic (exact) mass is 189 g/mol. The predicted molar refractivity (Wildman–Crippen MR) is 50.5 cm³/mol. The van der Waals surface area contributed by atoms with Crippen LogP contribution in [0.15, 0.2) is 0 Å². The molecule has 0 rings (SSSR count). The van der Waals surface area contributed by atoms with Gasteiger partial charge in [0.05, 0.1) is 7.11 Å². The van der Waals surface area contributed by atoms with Gasteiger partial charge in [-0.15, -0.1) is 0 Å². The van der Waals surface area contributed by atoms with Gasteiger partial charge in [-0.3, -0.25) is 4.79 Å². The third-order valence-electron chi connectivity index (χ3n) is 1.78. The Kier molecular flexibility index (Phi) is 6.54. The standard InChI is InChI=1S/C9H19NO3/c1-7(6-12-3)5-10-8(2)9(11)13-4/h7-8,10H,5-6H2,1-4H3/t7?,8-/m0/s1. The van der Waals surface area contributed by atoms with Gasteiger partial charge in [0, 0.05) is 20.3 Å². The number of nitrogens with one attached hydrogen (secondary N) is 1. The van der Waals surface area contributed by atoms with Gasteiger partial charge in [0.25, 0.3) is 0 Å². The summed E-state index contributed by atoms with van der Waals surface area (Å²) in [5.41, 5.74) is 0. The van der Waals surface area contributed by atoms with Crippen LogP contribution in [0.1, 0.15) is 13.8 Å². The van der Waals surface area contributed by atoms with Crippen molar-refractivity contribution in [2.45, 2.75) is 19.9 Å². The minimum atomic E-state index is -0.246. The predicted octanol–water partition coefficient (Wildman–Crippen LogP) is 0.420. The Bertz CT molecular complexity index is 150. The lowest BCUT2D eigenvalue weighted by molar-refractivity contribution is -0.142. The third-order valence-corrected chi connectivity index (χ3v) is 1.78. The van der Waals surface area contributed by atoms with Crippen LogP contribution in [-0.4, -0.2) is 39.4 Å². The van der Waals surface area contributed by atoms with E-state index in [-0.39, 0.29) is 12.0 Å². The molecule has 78 valence electrons. The molecule has 1 unspecified atom stereocenters. The molecule has 1 N–H and O–H groups in total. The van der Waals surface area contributed by atoms with Gasteiger partial charge in [-0.05, 0) is 12.8 Å². The molecule has 13 heavy (non-hydrogen) atoms. The minimum Gasteiger partial charge on any atom is -0.468 e. The van der Waals surface area contributed by atoms with Gasteiger partial charge in [-0.2, -0.15) is 0 Å². The molecule has 0 fully saturated rings. The number of ether oxygens (including phenoxy) is 2. The zero-order valence-corrected chi connectivity index (χ0v) is 8.79. The van der Waals surface area contributed by atoms with Gasteiger partial charge in [-0.1, -0.05) is 6.92 Å². The summed E-state index contributed by atoms with van der Waals surface area (Å²) >= 11 is 0. The Morgan fingerprint density at radius 1 is 1.38 bits per heavy atom. The average molecular weight is 189 g/mol. The molecule has 4 heteroatoms. The van der Waals surface area contributed by atoms with Gasteiger partial charge in [-0.25, -0.2) is 0 Å². The zero-order chi connectivity index (χ0) is 10.3. The highest BCUT2D eigenvalue weighted by atomic mass is 16.5. The summed E-state index contributed by atoms with van der Waals surface area (Å²) in [6, 6.07) is -0.246. The number of carbonyl (C=O) groups is 1. The lowest BCUT2D eigenvalue weighted by Crippen LogP contribution is -2.38. The van der Waals surface area contributed by atoms with Crippen LogP contribution in [0.4, 0.5) is 0 Å². The maximum absolute atomic E-state index is 11.0. The maximum atomic E-state index is 11.0. The summed E-state index contributed by atoms with van der Waals surface area (Å²) in [6.07, 6.45) is 0. The highest BCUT2D eigenvalue weighted by molar-refractivity contribution is 5.75. The highest BCUT2D eigenvalue weighted by Crippen LogP contribution is 1.94. The fraction of sp³-hybridized carbons (Fsp3) is 0.889. The molecule has 0 saturated heterocycles. The molecule has 0 saturated carbocycles. The van der Waals surface area contributed by atoms with Crippen molar-refractivity contribution in [3.05, 3.63) is 0 Å². The van der Waals surface area contributed by atoms with E-state index in [0.717, 1.165) is 6.54 Å². The van der Waals surface area contributed by atoms with Crippen molar-refractivity contribution in [2.24, 2.45) is 5.92 Å². The van der Waals surface area contributed by atoms with Gasteiger partial charge >= 0.3 is 5.97 Å². The van der Waals surface area contributed by atoms with E-state index < -0.39 is 0 Å². The molecular weight excluding hydrogens is 170 g/mol. The number of rotatable bonds is 6. The van der Waals surface area contributed by atoms with E-state index in [1.54, 1.807) is 14.0 Å². The number of hydrogen-bond acceptors (Lipinski definition) is 4. The molecule has 0 aromatic heterocycles. The normalized spacial score (nSPS) is 15.1. The van der Waals surface area contributed by atoms with E-state index in [0.29, 0.717) is 12.5 Å². The first-order valence-electron chi connectivity index (χ1n) is 4.42. The third kappa shape index (κ3) is 5.60. The summed E-state index contributed by atoms with van der Waals surface area (Å²) in [7, 11) is 3.05. The molecule has 4 nitrogen and oxygen atoms in total. The molecule has 0 aromatic rings. The van der Waals surface area contributed by atoms with Crippen LogP contribution in [0, 0.1) is 5.92 Å². The Hall–Kier alpha value is -0.610. The van der Waals surface area contributed by atoms with Crippen molar-refractivity contribution in [1.82, 2.24) is 5.32 Å². The molecule has 0 amide bonds. The van der Waals surface area contributed by atoms with E-state index in [9.17, 15) is 4.79 Å². The van der Waals surface area contributed by atoms with E-state index in [1.807, 2.05) is 0 Å². The highest BCUT2D eigenvalue weighted by Gasteiger charge is 2.12. The van der Waals surface area contributed by atoms with E-state index >= 15 is 0 Å². The Balaban J connectivity index is 3.56. The number of esters is 1. The Labute approximate surface area is 79.6 Å². The summed E-state index contributed by atoms with van der Waals surface area (Å²) in [4.78, 5) is 11.0. The van der Waals surface area contributed by atoms with Crippen molar-refractivity contribution < 1.29 is 14.3 Å². The molecule has 0 aliphatic carbocycles. The van der Waals surface area contributed by atoms with Gasteiger partial charge in [0.15, 0.2) is 0 Å². The van der Waals surface area contributed by atoms with Crippen molar-refractivity contribution in [3.63, 3.8) is 0 Å². The SMILES string of the molecule is COCC(C)CN[C@@H](C)C(=O)OC. The molecule has 0 bridgehead atoms. The van der Waals surface area contributed by atoms with E-state index in [1.165, 1.54) is 7.11 Å². The molecule has 0 aliphatic heterocycles. The number of hydrogen-bond donors (Lipinski definition) is 1. The van der Waals surface area contributed by atoms with Gasteiger partial charge in [0.1, 0.15) is 6.04 Å². The molecule has 0 aliphatic rings. The first kappa shape index (κ1) is 12.4. The lowest BCUT2D eigenvalue weighted by atomic mass is 10.2. The molecular formula is C9H19NO3.